The third-order valence-electron chi connectivity index (χ3n) is 8.02. The summed E-state index contributed by atoms with van der Waals surface area (Å²) in [7, 11) is 0. The van der Waals surface area contributed by atoms with Gasteiger partial charge in [-0.15, -0.1) is 11.3 Å². The quantitative estimate of drug-likeness (QED) is 0.750. The maximum atomic E-state index is 13.5. The minimum atomic E-state index is -0.699. The zero-order valence-corrected chi connectivity index (χ0v) is 18.0. The van der Waals surface area contributed by atoms with Crippen molar-refractivity contribution in [1.82, 2.24) is 0 Å². The van der Waals surface area contributed by atoms with Crippen LogP contribution < -0.4 is 5.32 Å². The summed E-state index contributed by atoms with van der Waals surface area (Å²) in [4.78, 5) is 40.1. The normalized spacial score (nSPS) is 30.2. The Bertz CT molecular complexity index is 870. The summed E-state index contributed by atoms with van der Waals surface area (Å²) in [5, 5.41) is 3.69. The number of anilines is 1. The van der Waals surface area contributed by atoms with Crippen LogP contribution in [0.15, 0.2) is 0 Å². The predicted octanol–water partition coefficient (Wildman–Crippen LogP) is 4.53. The van der Waals surface area contributed by atoms with Crippen molar-refractivity contribution in [2.75, 3.05) is 11.9 Å². The lowest BCUT2D eigenvalue weighted by Crippen LogP contribution is -2.43. The van der Waals surface area contributed by atoms with Crippen molar-refractivity contribution in [3.63, 3.8) is 0 Å². The van der Waals surface area contributed by atoms with Crippen molar-refractivity contribution < 1.29 is 19.1 Å². The fourth-order valence-corrected chi connectivity index (χ4v) is 6.93. The SMILES string of the molecule is CCOC(=O)c1c(NC(=O)C23CCC(C)(C(=O)C2)C3(C)C)sc2c1CCCC2. The second kappa shape index (κ2) is 6.41. The van der Waals surface area contributed by atoms with Gasteiger partial charge < -0.3 is 10.1 Å². The molecule has 2 unspecified atom stereocenters. The van der Waals surface area contributed by atoms with Crippen LogP contribution in [0.4, 0.5) is 5.00 Å². The molecule has 28 heavy (non-hydrogen) atoms. The Hall–Kier alpha value is -1.69. The molecule has 1 amide bonds. The molecule has 0 spiro atoms. The molecule has 6 heteroatoms. The Morgan fingerprint density at radius 3 is 2.46 bits per heavy atom. The van der Waals surface area contributed by atoms with Gasteiger partial charge in [-0.1, -0.05) is 20.8 Å². The van der Waals surface area contributed by atoms with Crippen LogP contribution in [0.3, 0.4) is 0 Å². The molecule has 0 aliphatic heterocycles. The number of ketones is 1. The van der Waals surface area contributed by atoms with E-state index in [1.54, 1.807) is 6.92 Å². The number of thiophene rings is 1. The van der Waals surface area contributed by atoms with Crippen molar-refractivity contribution in [3.8, 4) is 0 Å². The molecule has 2 fully saturated rings. The average molecular weight is 404 g/mol. The number of fused-ring (bicyclic) bond motifs is 3. The fraction of sp³-hybridized carbons (Fsp3) is 0.682. The van der Waals surface area contributed by atoms with Crippen LogP contribution in [-0.2, 0) is 27.2 Å². The number of hydrogen-bond acceptors (Lipinski definition) is 5. The first-order valence-electron chi connectivity index (χ1n) is 10.3. The van der Waals surface area contributed by atoms with E-state index < -0.39 is 16.2 Å². The molecule has 0 saturated heterocycles. The second-order valence-electron chi connectivity index (χ2n) is 9.23. The van der Waals surface area contributed by atoms with Crippen LogP contribution in [0.2, 0.25) is 0 Å². The molecule has 2 bridgehead atoms. The lowest BCUT2D eigenvalue weighted by Gasteiger charge is -2.38. The van der Waals surface area contributed by atoms with E-state index in [0.29, 0.717) is 30.0 Å². The highest BCUT2D eigenvalue weighted by Gasteiger charge is 2.72. The van der Waals surface area contributed by atoms with Gasteiger partial charge in [0.25, 0.3) is 0 Å². The molecule has 152 valence electrons. The number of ether oxygens (including phenoxy) is 1. The summed E-state index contributed by atoms with van der Waals surface area (Å²) >= 11 is 1.51. The highest BCUT2D eigenvalue weighted by molar-refractivity contribution is 7.17. The first kappa shape index (κ1) is 19.6. The summed E-state index contributed by atoms with van der Waals surface area (Å²) in [5.41, 5.74) is 0.0372. The number of esters is 1. The van der Waals surface area contributed by atoms with Crippen LogP contribution >= 0.6 is 11.3 Å². The molecule has 1 N–H and O–H groups in total. The van der Waals surface area contributed by atoms with E-state index in [1.165, 1.54) is 16.2 Å². The number of carbonyl (C=O) groups is 3. The molecule has 5 nitrogen and oxygen atoms in total. The van der Waals surface area contributed by atoms with Gasteiger partial charge in [-0.2, -0.15) is 0 Å². The number of hydrogen-bond donors (Lipinski definition) is 1. The van der Waals surface area contributed by atoms with E-state index in [0.717, 1.165) is 37.7 Å². The smallest absolute Gasteiger partial charge is 0.341 e. The summed E-state index contributed by atoms with van der Waals surface area (Å²) in [6.45, 7) is 8.21. The molecule has 1 heterocycles. The number of Topliss-reactive ketones (excluding diaryl/α,β-unsaturated/α-hetero) is 1. The minimum absolute atomic E-state index is 0.115. The number of aryl methyl sites for hydroxylation is 1. The van der Waals surface area contributed by atoms with Crippen molar-refractivity contribution in [2.24, 2.45) is 16.2 Å². The number of nitrogens with one attached hydrogen (secondary N) is 1. The van der Waals surface area contributed by atoms with Crippen molar-refractivity contribution in [3.05, 3.63) is 16.0 Å². The second-order valence-corrected chi connectivity index (χ2v) is 10.3. The average Bonchev–Trinajstić information content (AvgIpc) is 3.15. The van der Waals surface area contributed by atoms with Crippen LogP contribution in [0.25, 0.3) is 0 Å². The highest BCUT2D eigenvalue weighted by Crippen LogP contribution is 2.70. The summed E-state index contributed by atoms with van der Waals surface area (Å²) < 4.78 is 5.30. The Morgan fingerprint density at radius 2 is 1.86 bits per heavy atom. The maximum Gasteiger partial charge on any atom is 0.341 e. The minimum Gasteiger partial charge on any atom is -0.462 e. The Morgan fingerprint density at radius 1 is 1.14 bits per heavy atom. The Kier molecular flexibility index (Phi) is 4.49. The Labute approximate surface area is 170 Å². The van der Waals surface area contributed by atoms with E-state index in [2.05, 4.69) is 19.2 Å². The molecular weight excluding hydrogens is 374 g/mol. The van der Waals surface area contributed by atoms with Gasteiger partial charge in [0.05, 0.1) is 17.6 Å². The zero-order valence-electron chi connectivity index (χ0n) is 17.2. The van der Waals surface area contributed by atoms with E-state index in [9.17, 15) is 14.4 Å². The van der Waals surface area contributed by atoms with E-state index in [1.807, 2.05) is 6.92 Å². The topological polar surface area (TPSA) is 72.5 Å². The molecule has 2 atom stereocenters. The van der Waals surface area contributed by atoms with Gasteiger partial charge in [-0.25, -0.2) is 4.79 Å². The van der Waals surface area contributed by atoms with Crippen molar-refractivity contribution >= 4 is 34.0 Å². The van der Waals surface area contributed by atoms with Gasteiger partial charge in [0.15, 0.2) is 0 Å². The molecule has 1 aromatic heterocycles. The summed E-state index contributed by atoms with van der Waals surface area (Å²) in [5.74, 6) is -0.279. The molecule has 1 aromatic rings. The maximum absolute atomic E-state index is 13.5. The summed E-state index contributed by atoms with van der Waals surface area (Å²) in [6, 6.07) is 0. The first-order chi connectivity index (χ1) is 13.2. The first-order valence-corrected chi connectivity index (χ1v) is 11.2. The predicted molar refractivity (Wildman–Crippen MR) is 109 cm³/mol. The zero-order chi connectivity index (χ0) is 20.3. The molecule has 2 saturated carbocycles. The molecular formula is C22H29NO4S. The number of carbonyl (C=O) groups excluding carboxylic acids is 3. The monoisotopic (exact) mass is 403 g/mol. The lowest BCUT2D eigenvalue weighted by atomic mass is 9.64. The molecule has 3 aliphatic carbocycles. The summed E-state index contributed by atoms with van der Waals surface area (Å²) in [6.07, 6.45) is 5.70. The fourth-order valence-electron chi connectivity index (χ4n) is 5.66. The molecule has 3 aliphatic rings. The van der Waals surface area contributed by atoms with Crippen molar-refractivity contribution in [2.45, 2.75) is 72.6 Å². The lowest BCUT2D eigenvalue weighted by molar-refractivity contribution is -0.131. The van der Waals surface area contributed by atoms with Gasteiger partial charge >= 0.3 is 5.97 Å². The largest absolute Gasteiger partial charge is 0.462 e. The number of amides is 1. The standard InChI is InChI=1S/C22H29NO4S/c1-5-27-18(25)16-13-8-6-7-9-14(13)28-17(16)23-19(26)22-11-10-21(4,15(24)12-22)20(22,2)3/h5-12H2,1-4H3,(H,23,26). The molecule has 4 rings (SSSR count). The third kappa shape index (κ3) is 2.39. The number of rotatable bonds is 4. The third-order valence-corrected chi connectivity index (χ3v) is 9.23. The van der Waals surface area contributed by atoms with Gasteiger partial charge in [-0.3, -0.25) is 9.59 Å². The van der Waals surface area contributed by atoms with Gasteiger partial charge in [0, 0.05) is 16.7 Å². The molecule has 0 aromatic carbocycles. The van der Waals surface area contributed by atoms with Crippen molar-refractivity contribution in [1.29, 1.82) is 0 Å². The van der Waals surface area contributed by atoms with Gasteiger partial charge in [0.2, 0.25) is 5.91 Å². The van der Waals surface area contributed by atoms with E-state index in [-0.39, 0.29) is 17.7 Å². The van der Waals surface area contributed by atoms with E-state index in [4.69, 9.17) is 4.74 Å². The van der Waals surface area contributed by atoms with Gasteiger partial charge in [0.1, 0.15) is 10.8 Å². The highest BCUT2D eigenvalue weighted by atomic mass is 32.1. The Balaban J connectivity index is 1.70. The van der Waals surface area contributed by atoms with Gasteiger partial charge in [-0.05, 0) is 56.4 Å². The van der Waals surface area contributed by atoms with Crippen LogP contribution in [-0.4, -0.2) is 24.3 Å². The van der Waals surface area contributed by atoms with Crippen LogP contribution in [0, 0.1) is 16.2 Å². The van der Waals surface area contributed by atoms with Crippen LogP contribution in [0.5, 0.6) is 0 Å². The van der Waals surface area contributed by atoms with E-state index >= 15 is 0 Å². The molecule has 0 radical (unpaired) electrons. The van der Waals surface area contributed by atoms with Crippen LogP contribution in [0.1, 0.15) is 80.6 Å².